The molecule has 2 aliphatic rings. The molecule has 0 saturated carbocycles. The molecule has 7 nitrogen and oxygen atoms in total. The monoisotopic (exact) mass is 508 g/mol. The van der Waals surface area contributed by atoms with Crippen LogP contribution in [0.2, 0.25) is 5.02 Å². The Balaban J connectivity index is 1.39. The van der Waals surface area contributed by atoms with E-state index in [1.165, 1.54) is 27.7 Å². The molecule has 2 unspecified atom stereocenters. The summed E-state index contributed by atoms with van der Waals surface area (Å²) < 4.78 is 8.57. The van der Waals surface area contributed by atoms with E-state index < -0.39 is 0 Å². The van der Waals surface area contributed by atoms with Gasteiger partial charge < -0.3 is 4.74 Å². The first kappa shape index (κ1) is 24.9. The van der Waals surface area contributed by atoms with Crippen LogP contribution in [0.25, 0.3) is 11.4 Å². The molecule has 0 N–H and O–H groups in total. The number of carbonyl (C=O) groups excluding carboxylic acids is 1. The lowest BCUT2D eigenvalue weighted by Gasteiger charge is -2.34. The molecule has 2 fully saturated rings. The third-order valence-corrected chi connectivity index (χ3v) is 7.37. The SMILES string of the molecule is CC(C)CC(=O)Cc1nn(-c2ccc(CCN3C4CCC3COC4)cc2)c(=O)n1-c1cccc(Cl)c1. The minimum absolute atomic E-state index is 0.0536. The molecule has 36 heavy (non-hydrogen) atoms. The van der Waals surface area contributed by atoms with E-state index in [-0.39, 0.29) is 23.8 Å². The molecule has 2 bridgehead atoms. The molecule has 2 aliphatic heterocycles. The van der Waals surface area contributed by atoms with E-state index in [0.717, 1.165) is 26.2 Å². The highest BCUT2D eigenvalue weighted by atomic mass is 35.5. The number of nitrogens with zero attached hydrogens (tertiary/aromatic N) is 4. The van der Waals surface area contributed by atoms with Gasteiger partial charge in [-0.3, -0.25) is 9.69 Å². The predicted molar refractivity (Wildman–Crippen MR) is 140 cm³/mol. The fourth-order valence-electron chi connectivity index (χ4n) is 5.41. The molecule has 0 spiro atoms. The van der Waals surface area contributed by atoms with Crippen LogP contribution >= 0.6 is 11.6 Å². The maximum absolute atomic E-state index is 13.5. The van der Waals surface area contributed by atoms with Gasteiger partial charge in [-0.05, 0) is 61.1 Å². The summed E-state index contributed by atoms with van der Waals surface area (Å²) in [5.41, 5.74) is 2.18. The van der Waals surface area contributed by atoms with Gasteiger partial charge in [-0.15, -0.1) is 5.10 Å². The minimum atomic E-state index is -0.317. The van der Waals surface area contributed by atoms with Gasteiger partial charge in [-0.25, -0.2) is 9.36 Å². The van der Waals surface area contributed by atoms with Crippen LogP contribution in [0.15, 0.2) is 53.3 Å². The molecular weight excluding hydrogens is 476 g/mol. The first-order valence-electron chi connectivity index (χ1n) is 12.8. The lowest BCUT2D eigenvalue weighted by molar-refractivity contribution is -0.119. The normalized spacial score (nSPS) is 19.8. The van der Waals surface area contributed by atoms with Crippen molar-refractivity contribution in [1.29, 1.82) is 0 Å². The van der Waals surface area contributed by atoms with Crippen LogP contribution < -0.4 is 5.69 Å². The fourth-order valence-corrected chi connectivity index (χ4v) is 5.59. The van der Waals surface area contributed by atoms with Crippen LogP contribution in [0.1, 0.15) is 44.5 Å². The van der Waals surface area contributed by atoms with Crippen molar-refractivity contribution in [3.05, 3.63) is 75.4 Å². The molecule has 1 aromatic heterocycles. The van der Waals surface area contributed by atoms with Crippen molar-refractivity contribution >= 4 is 17.4 Å². The number of halogens is 1. The summed E-state index contributed by atoms with van der Waals surface area (Å²) in [4.78, 5) is 28.7. The summed E-state index contributed by atoms with van der Waals surface area (Å²) in [6, 6.07) is 16.1. The highest BCUT2D eigenvalue weighted by molar-refractivity contribution is 6.30. The van der Waals surface area contributed by atoms with E-state index in [2.05, 4.69) is 22.1 Å². The van der Waals surface area contributed by atoms with Crippen LogP contribution in [-0.2, 0) is 22.4 Å². The average molecular weight is 509 g/mol. The van der Waals surface area contributed by atoms with Gasteiger partial charge >= 0.3 is 5.69 Å². The maximum Gasteiger partial charge on any atom is 0.355 e. The van der Waals surface area contributed by atoms with Crippen LogP contribution in [0.4, 0.5) is 0 Å². The minimum Gasteiger partial charge on any atom is -0.378 e. The second-order valence-corrected chi connectivity index (χ2v) is 10.8. The van der Waals surface area contributed by atoms with E-state index in [4.69, 9.17) is 16.3 Å². The van der Waals surface area contributed by atoms with Crippen molar-refractivity contribution in [2.75, 3.05) is 19.8 Å². The Kier molecular flexibility index (Phi) is 7.42. The molecule has 3 heterocycles. The van der Waals surface area contributed by atoms with Crippen LogP contribution in [0, 0.1) is 5.92 Å². The van der Waals surface area contributed by atoms with E-state index >= 15 is 0 Å². The quantitative estimate of drug-likeness (QED) is 0.432. The van der Waals surface area contributed by atoms with Crippen molar-refractivity contribution in [2.45, 2.75) is 58.0 Å². The van der Waals surface area contributed by atoms with Crippen molar-refractivity contribution in [3.8, 4) is 11.4 Å². The number of hydrogen-bond donors (Lipinski definition) is 0. The Morgan fingerprint density at radius 1 is 1.08 bits per heavy atom. The Hall–Kier alpha value is -2.74. The molecule has 2 saturated heterocycles. The van der Waals surface area contributed by atoms with E-state index in [0.29, 0.717) is 40.7 Å². The molecular formula is C28H33ClN4O3. The average Bonchev–Trinajstić information content (AvgIpc) is 3.27. The van der Waals surface area contributed by atoms with Crippen LogP contribution in [0.3, 0.4) is 0 Å². The van der Waals surface area contributed by atoms with Crippen molar-refractivity contribution in [2.24, 2.45) is 5.92 Å². The summed E-state index contributed by atoms with van der Waals surface area (Å²) >= 11 is 6.20. The third-order valence-electron chi connectivity index (χ3n) is 7.13. The summed E-state index contributed by atoms with van der Waals surface area (Å²) in [6.07, 6.45) is 3.94. The Bertz CT molecular complexity index is 1260. The molecule has 0 radical (unpaired) electrons. The first-order chi connectivity index (χ1) is 17.4. The van der Waals surface area contributed by atoms with Gasteiger partial charge in [-0.1, -0.05) is 43.6 Å². The molecule has 190 valence electrons. The zero-order chi connectivity index (χ0) is 25.2. The van der Waals surface area contributed by atoms with Crippen molar-refractivity contribution < 1.29 is 9.53 Å². The standard InChI is InChI=1S/C28H33ClN4O3/c1-19(2)14-26(34)16-27-30-33(28(35)32(27)23-5-3-4-21(29)15-23)22-8-6-20(7-9-22)12-13-31-24-10-11-25(31)18-36-17-24/h3-9,15,19,24-25H,10-14,16-18H2,1-2H3. The number of Topliss-reactive ketones (excluding diaryl/α,β-unsaturated/α-hetero) is 1. The summed E-state index contributed by atoms with van der Waals surface area (Å²) in [6.45, 7) is 6.71. The van der Waals surface area contributed by atoms with Crippen LogP contribution in [-0.4, -0.2) is 56.9 Å². The number of aromatic nitrogens is 3. The van der Waals surface area contributed by atoms with Crippen LogP contribution in [0.5, 0.6) is 0 Å². The van der Waals surface area contributed by atoms with E-state index in [1.54, 1.807) is 24.3 Å². The molecule has 0 aliphatic carbocycles. The molecule has 8 heteroatoms. The lowest BCUT2D eigenvalue weighted by Crippen LogP contribution is -2.46. The molecule has 3 aromatic rings. The molecule has 5 rings (SSSR count). The van der Waals surface area contributed by atoms with Gasteiger partial charge in [0, 0.05) is 30.1 Å². The zero-order valence-electron chi connectivity index (χ0n) is 20.9. The molecule has 2 aromatic carbocycles. The Morgan fingerprint density at radius 3 is 2.47 bits per heavy atom. The number of ketones is 1. The highest BCUT2D eigenvalue weighted by Crippen LogP contribution is 2.28. The number of ether oxygens (including phenoxy) is 1. The number of carbonyl (C=O) groups is 1. The van der Waals surface area contributed by atoms with Crippen molar-refractivity contribution in [1.82, 2.24) is 19.2 Å². The summed E-state index contributed by atoms with van der Waals surface area (Å²) in [7, 11) is 0. The number of fused-ring (bicyclic) bond motifs is 2. The molecule has 0 amide bonds. The smallest absolute Gasteiger partial charge is 0.355 e. The number of hydrogen-bond acceptors (Lipinski definition) is 5. The number of morpholine rings is 1. The summed E-state index contributed by atoms with van der Waals surface area (Å²) in [5.74, 6) is 0.712. The first-order valence-corrected chi connectivity index (χ1v) is 13.2. The van der Waals surface area contributed by atoms with Gasteiger partial charge in [-0.2, -0.15) is 4.68 Å². The second kappa shape index (κ2) is 10.7. The lowest BCUT2D eigenvalue weighted by atomic mass is 10.1. The summed E-state index contributed by atoms with van der Waals surface area (Å²) in [5, 5.41) is 5.11. The van der Waals surface area contributed by atoms with Gasteiger partial charge in [0.1, 0.15) is 11.6 Å². The second-order valence-electron chi connectivity index (χ2n) is 10.3. The predicted octanol–water partition coefficient (Wildman–Crippen LogP) is 4.24. The molecule has 2 atom stereocenters. The number of rotatable bonds is 9. The van der Waals surface area contributed by atoms with Gasteiger partial charge in [0.25, 0.3) is 0 Å². The van der Waals surface area contributed by atoms with E-state index in [9.17, 15) is 9.59 Å². The topological polar surface area (TPSA) is 69.4 Å². The maximum atomic E-state index is 13.5. The largest absolute Gasteiger partial charge is 0.378 e. The van der Waals surface area contributed by atoms with Crippen molar-refractivity contribution in [3.63, 3.8) is 0 Å². The Morgan fingerprint density at radius 2 is 1.81 bits per heavy atom. The third kappa shape index (κ3) is 5.33. The zero-order valence-corrected chi connectivity index (χ0v) is 21.7. The van der Waals surface area contributed by atoms with Gasteiger partial charge in [0.2, 0.25) is 0 Å². The van der Waals surface area contributed by atoms with E-state index in [1.807, 2.05) is 26.0 Å². The van der Waals surface area contributed by atoms with Gasteiger partial charge in [0.15, 0.2) is 0 Å². The van der Waals surface area contributed by atoms with Gasteiger partial charge in [0.05, 0.1) is 31.0 Å². The Labute approximate surface area is 216 Å². The fraction of sp³-hybridized carbons (Fsp3) is 0.464. The number of benzene rings is 2. The highest BCUT2D eigenvalue weighted by Gasteiger charge is 2.36.